The Hall–Kier alpha value is -1.46. The lowest BCUT2D eigenvalue weighted by Gasteiger charge is -2.25. The second-order valence-corrected chi connectivity index (χ2v) is 7.06. The summed E-state index contributed by atoms with van der Waals surface area (Å²) in [4.78, 5) is 12.0. The summed E-state index contributed by atoms with van der Waals surface area (Å²) in [6.45, 7) is 0.314. The first-order valence-corrected chi connectivity index (χ1v) is 7.94. The molecule has 2 aromatic rings. The van der Waals surface area contributed by atoms with E-state index in [1.165, 1.54) is 6.08 Å². The molecule has 0 unspecified atom stereocenters. The molecule has 0 fully saturated rings. The van der Waals surface area contributed by atoms with E-state index in [-0.39, 0.29) is 5.91 Å². The molecular formula is C16H15Cl3N2O2. The summed E-state index contributed by atoms with van der Waals surface area (Å²) in [6, 6.07) is 13.0. The average molecular weight is 374 g/mol. The maximum atomic E-state index is 12.0. The van der Waals surface area contributed by atoms with E-state index in [0.717, 1.165) is 5.56 Å². The van der Waals surface area contributed by atoms with Gasteiger partial charge in [-0.1, -0.05) is 65.1 Å². The van der Waals surface area contributed by atoms with Gasteiger partial charge in [0.05, 0.1) is 12.8 Å². The molecule has 0 aliphatic heterocycles. The zero-order valence-corrected chi connectivity index (χ0v) is 14.3. The fourth-order valence-corrected chi connectivity index (χ4v) is 2.19. The third-order valence-electron chi connectivity index (χ3n) is 2.90. The number of halogens is 3. The number of nitrogens with one attached hydrogen (secondary N) is 2. The first-order valence-electron chi connectivity index (χ1n) is 6.81. The van der Waals surface area contributed by atoms with Crippen molar-refractivity contribution in [2.75, 3.05) is 0 Å². The van der Waals surface area contributed by atoms with Crippen molar-refractivity contribution < 1.29 is 9.21 Å². The Morgan fingerprint density at radius 2 is 1.91 bits per heavy atom. The van der Waals surface area contributed by atoms with E-state index in [2.05, 4.69) is 10.6 Å². The van der Waals surface area contributed by atoms with Crippen LogP contribution in [0.1, 0.15) is 11.3 Å². The van der Waals surface area contributed by atoms with Gasteiger partial charge in [-0.25, -0.2) is 0 Å². The van der Waals surface area contributed by atoms with Crippen LogP contribution in [0.15, 0.2) is 59.2 Å². The Morgan fingerprint density at radius 1 is 1.17 bits per heavy atom. The number of furan rings is 1. The van der Waals surface area contributed by atoms with E-state index in [1.54, 1.807) is 24.5 Å². The van der Waals surface area contributed by atoms with Gasteiger partial charge in [-0.2, -0.15) is 0 Å². The molecule has 4 nitrogen and oxygen atoms in total. The van der Waals surface area contributed by atoms with Gasteiger partial charge in [0.2, 0.25) is 9.70 Å². The smallest absolute Gasteiger partial charge is 0.245 e. The van der Waals surface area contributed by atoms with E-state index in [0.29, 0.717) is 12.3 Å². The molecule has 1 heterocycles. The highest BCUT2D eigenvalue weighted by Crippen LogP contribution is 2.29. The van der Waals surface area contributed by atoms with Crippen molar-refractivity contribution in [2.24, 2.45) is 0 Å². The highest BCUT2D eigenvalue weighted by molar-refractivity contribution is 6.68. The van der Waals surface area contributed by atoms with Crippen LogP contribution >= 0.6 is 34.8 Å². The highest BCUT2D eigenvalue weighted by Gasteiger charge is 2.33. The summed E-state index contributed by atoms with van der Waals surface area (Å²) in [6.07, 6.45) is 3.73. The van der Waals surface area contributed by atoms with Crippen LogP contribution in [0.5, 0.6) is 0 Å². The molecular weight excluding hydrogens is 359 g/mol. The number of benzene rings is 1. The van der Waals surface area contributed by atoms with E-state index in [9.17, 15) is 4.79 Å². The number of carbonyl (C=O) groups is 1. The topological polar surface area (TPSA) is 54.3 Å². The molecule has 0 radical (unpaired) electrons. The fraction of sp³-hybridized carbons (Fsp3) is 0.188. The minimum absolute atomic E-state index is 0.314. The van der Waals surface area contributed by atoms with Gasteiger partial charge in [0, 0.05) is 6.08 Å². The number of rotatable bonds is 6. The normalized spacial score (nSPS) is 13.2. The van der Waals surface area contributed by atoms with Crippen LogP contribution in [-0.2, 0) is 11.3 Å². The predicted octanol–water partition coefficient (Wildman–Crippen LogP) is 3.90. The summed E-state index contributed by atoms with van der Waals surface area (Å²) >= 11 is 17.7. The molecule has 7 heteroatoms. The fourth-order valence-electron chi connectivity index (χ4n) is 1.79. The van der Waals surface area contributed by atoms with Crippen molar-refractivity contribution in [3.05, 3.63) is 66.1 Å². The van der Waals surface area contributed by atoms with E-state index in [4.69, 9.17) is 39.2 Å². The second-order valence-electron chi connectivity index (χ2n) is 4.69. The maximum absolute atomic E-state index is 12.0. The van der Waals surface area contributed by atoms with Crippen LogP contribution in [0, 0.1) is 0 Å². The number of hydrogen-bond acceptors (Lipinski definition) is 3. The van der Waals surface area contributed by atoms with Gasteiger partial charge in [-0.05, 0) is 23.8 Å². The van der Waals surface area contributed by atoms with Gasteiger partial charge >= 0.3 is 0 Å². The van der Waals surface area contributed by atoms with E-state index >= 15 is 0 Å². The van der Waals surface area contributed by atoms with Crippen molar-refractivity contribution in [1.82, 2.24) is 10.6 Å². The summed E-state index contributed by atoms with van der Waals surface area (Å²) in [5.74, 6) is 0.287. The molecule has 0 saturated carbocycles. The number of hydrogen-bond donors (Lipinski definition) is 2. The van der Waals surface area contributed by atoms with Crippen molar-refractivity contribution in [1.29, 1.82) is 0 Å². The molecule has 0 saturated heterocycles. The first kappa shape index (κ1) is 17.9. The Bertz CT molecular complexity index is 637. The van der Waals surface area contributed by atoms with Gasteiger partial charge in [-0.3, -0.25) is 10.1 Å². The van der Waals surface area contributed by atoms with Crippen LogP contribution in [0.4, 0.5) is 0 Å². The van der Waals surface area contributed by atoms with E-state index < -0.39 is 9.96 Å². The first-order chi connectivity index (χ1) is 10.9. The lowest BCUT2D eigenvalue weighted by molar-refractivity contribution is -0.117. The van der Waals surface area contributed by atoms with Gasteiger partial charge < -0.3 is 9.73 Å². The molecule has 0 aliphatic carbocycles. The van der Waals surface area contributed by atoms with Gasteiger partial charge in [0.1, 0.15) is 11.9 Å². The third-order valence-corrected chi connectivity index (χ3v) is 3.56. The molecule has 2 rings (SSSR count). The molecule has 122 valence electrons. The highest BCUT2D eigenvalue weighted by atomic mass is 35.6. The van der Waals surface area contributed by atoms with Gasteiger partial charge in [0.15, 0.2) is 0 Å². The molecule has 0 bridgehead atoms. The largest absolute Gasteiger partial charge is 0.468 e. The van der Waals surface area contributed by atoms with Crippen LogP contribution in [-0.4, -0.2) is 15.9 Å². The summed E-state index contributed by atoms with van der Waals surface area (Å²) in [5.41, 5.74) is 0.900. The third kappa shape index (κ3) is 6.28. The van der Waals surface area contributed by atoms with Gasteiger partial charge in [0.25, 0.3) is 0 Å². The van der Waals surface area contributed by atoms with Crippen molar-refractivity contribution >= 4 is 46.8 Å². The molecule has 0 aliphatic rings. The summed E-state index contributed by atoms with van der Waals surface area (Å²) < 4.78 is 3.48. The zero-order chi connectivity index (χ0) is 16.7. The van der Waals surface area contributed by atoms with Crippen LogP contribution < -0.4 is 10.6 Å². The maximum Gasteiger partial charge on any atom is 0.245 e. The van der Waals surface area contributed by atoms with Crippen LogP contribution in [0.3, 0.4) is 0 Å². The molecule has 0 spiro atoms. The number of alkyl halides is 3. The van der Waals surface area contributed by atoms with Crippen LogP contribution in [0.2, 0.25) is 0 Å². The second kappa shape index (κ2) is 8.41. The SMILES string of the molecule is O=C(/C=C/c1ccccc1)N[C@@H](NCc1ccco1)C(Cl)(Cl)Cl. The molecule has 1 atom stereocenters. The Labute approximate surface area is 149 Å². The minimum Gasteiger partial charge on any atom is -0.468 e. The minimum atomic E-state index is -1.71. The summed E-state index contributed by atoms with van der Waals surface area (Å²) in [5, 5.41) is 5.55. The monoisotopic (exact) mass is 372 g/mol. The van der Waals surface area contributed by atoms with Gasteiger partial charge in [-0.15, -0.1) is 0 Å². The average Bonchev–Trinajstić information content (AvgIpc) is 3.02. The van der Waals surface area contributed by atoms with Crippen molar-refractivity contribution in [2.45, 2.75) is 16.5 Å². The lowest BCUT2D eigenvalue weighted by Crippen LogP contribution is -2.52. The van der Waals surface area contributed by atoms with Crippen molar-refractivity contribution in [3.63, 3.8) is 0 Å². The standard InChI is InChI=1S/C16H15Cl3N2O2/c17-16(18,19)15(20-11-13-7-4-10-23-13)21-14(22)9-8-12-5-2-1-3-6-12/h1-10,15,20H,11H2,(H,21,22)/b9-8+/t15-/m1/s1. The molecule has 1 aromatic carbocycles. The molecule has 23 heavy (non-hydrogen) atoms. The Morgan fingerprint density at radius 3 is 2.52 bits per heavy atom. The lowest BCUT2D eigenvalue weighted by atomic mass is 10.2. The summed E-state index contributed by atoms with van der Waals surface area (Å²) in [7, 11) is 0. The van der Waals surface area contributed by atoms with Crippen molar-refractivity contribution in [3.8, 4) is 0 Å². The quantitative estimate of drug-likeness (QED) is 0.459. The van der Waals surface area contributed by atoms with E-state index in [1.807, 2.05) is 30.3 Å². The van der Waals surface area contributed by atoms with Crippen LogP contribution in [0.25, 0.3) is 6.08 Å². The number of amides is 1. The molecule has 2 N–H and O–H groups in total. The molecule has 1 aromatic heterocycles. The Kier molecular flexibility index (Phi) is 6.54. The molecule has 1 amide bonds. The zero-order valence-electron chi connectivity index (χ0n) is 12.0. The Balaban J connectivity index is 1.94. The number of carbonyl (C=O) groups excluding carboxylic acids is 1. The predicted molar refractivity (Wildman–Crippen MR) is 93.2 cm³/mol.